The first-order valence-corrected chi connectivity index (χ1v) is 6.26. The topological polar surface area (TPSA) is 52.6 Å². The molecule has 4 nitrogen and oxygen atoms in total. The molecule has 0 aliphatic carbocycles. The molecule has 0 spiro atoms. The van der Waals surface area contributed by atoms with Crippen molar-refractivity contribution in [3.8, 4) is 5.75 Å². The van der Waals surface area contributed by atoms with Crippen LogP contribution >= 0.6 is 0 Å². The first-order valence-electron chi connectivity index (χ1n) is 6.26. The second-order valence-electron chi connectivity index (χ2n) is 4.55. The highest BCUT2D eigenvalue weighted by Crippen LogP contribution is 2.25. The van der Waals surface area contributed by atoms with Gasteiger partial charge in [0.2, 0.25) is 5.78 Å². The fraction of sp³-hybridized carbons (Fsp3) is 0.250. The number of rotatable bonds is 4. The second-order valence-corrected chi connectivity index (χ2v) is 4.55. The molecule has 2 aromatic carbocycles. The van der Waals surface area contributed by atoms with Gasteiger partial charge in [-0.05, 0) is 28.5 Å². The number of methoxy groups -OCH3 is 2. The van der Waals surface area contributed by atoms with Gasteiger partial charge in [0.1, 0.15) is 5.75 Å². The number of Topliss-reactive ketones (excluding diaryl/α,β-unsaturated/α-hetero) is 1. The Morgan fingerprint density at radius 2 is 1.65 bits per heavy atom. The van der Waals surface area contributed by atoms with E-state index in [1.54, 1.807) is 14.0 Å². The normalized spacial score (nSPS) is 11.9. The summed E-state index contributed by atoms with van der Waals surface area (Å²) in [5.41, 5.74) is 0.790. The number of carbonyl (C=O) groups is 2. The first kappa shape index (κ1) is 14.1. The zero-order valence-corrected chi connectivity index (χ0v) is 11.7. The van der Waals surface area contributed by atoms with Crippen LogP contribution in [0.5, 0.6) is 5.75 Å². The minimum Gasteiger partial charge on any atom is -0.497 e. The molecule has 1 unspecified atom stereocenters. The molecular weight excluding hydrogens is 256 g/mol. The predicted octanol–water partition coefficient (Wildman–Crippen LogP) is 2.69. The van der Waals surface area contributed by atoms with E-state index in [0.717, 1.165) is 22.1 Å². The average Bonchev–Trinajstić information content (AvgIpc) is 2.51. The van der Waals surface area contributed by atoms with E-state index in [0.29, 0.717) is 0 Å². The summed E-state index contributed by atoms with van der Waals surface area (Å²) in [4.78, 5) is 23.1. The van der Waals surface area contributed by atoms with Crippen LogP contribution in [-0.2, 0) is 14.3 Å². The Balaban J connectivity index is 2.36. The maximum atomic E-state index is 11.8. The monoisotopic (exact) mass is 272 g/mol. The summed E-state index contributed by atoms with van der Waals surface area (Å²) >= 11 is 0. The largest absolute Gasteiger partial charge is 0.497 e. The molecule has 0 radical (unpaired) electrons. The van der Waals surface area contributed by atoms with Crippen molar-refractivity contribution < 1.29 is 19.1 Å². The molecule has 104 valence electrons. The van der Waals surface area contributed by atoms with E-state index in [1.165, 1.54) is 7.11 Å². The Hall–Kier alpha value is -2.36. The summed E-state index contributed by atoms with van der Waals surface area (Å²) in [6.07, 6.45) is 0. The minimum atomic E-state index is -0.813. The van der Waals surface area contributed by atoms with E-state index < -0.39 is 17.7 Å². The van der Waals surface area contributed by atoms with Gasteiger partial charge in [-0.3, -0.25) is 4.79 Å². The van der Waals surface area contributed by atoms with E-state index >= 15 is 0 Å². The Kier molecular flexibility index (Phi) is 4.03. The molecule has 20 heavy (non-hydrogen) atoms. The van der Waals surface area contributed by atoms with Gasteiger partial charge in [0.05, 0.1) is 20.1 Å². The maximum absolute atomic E-state index is 11.8. The van der Waals surface area contributed by atoms with Crippen molar-refractivity contribution in [2.45, 2.75) is 12.8 Å². The molecule has 2 rings (SSSR count). The van der Waals surface area contributed by atoms with Crippen LogP contribution in [0.3, 0.4) is 0 Å². The molecule has 0 amide bonds. The van der Waals surface area contributed by atoms with Crippen molar-refractivity contribution in [1.29, 1.82) is 0 Å². The van der Waals surface area contributed by atoms with Crippen LogP contribution in [-0.4, -0.2) is 26.0 Å². The smallest absolute Gasteiger partial charge is 0.374 e. The summed E-state index contributed by atoms with van der Waals surface area (Å²) in [5.74, 6) is -1.09. The van der Waals surface area contributed by atoms with Crippen LogP contribution < -0.4 is 4.74 Å². The van der Waals surface area contributed by atoms with Gasteiger partial charge in [-0.1, -0.05) is 31.2 Å². The van der Waals surface area contributed by atoms with Gasteiger partial charge in [-0.25, -0.2) is 4.79 Å². The van der Waals surface area contributed by atoms with E-state index in [2.05, 4.69) is 4.74 Å². The van der Waals surface area contributed by atoms with Crippen LogP contribution in [0.25, 0.3) is 10.8 Å². The third-order valence-corrected chi connectivity index (χ3v) is 3.35. The number of hydrogen-bond acceptors (Lipinski definition) is 4. The molecule has 0 saturated heterocycles. The average molecular weight is 272 g/mol. The predicted molar refractivity (Wildman–Crippen MR) is 75.9 cm³/mol. The number of hydrogen-bond donors (Lipinski definition) is 0. The van der Waals surface area contributed by atoms with Gasteiger partial charge >= 0.3 is 5.97 Å². The van der Waals surface area contributed by atoms with Crippen molar-refractivity contribution in [3.05, 3.63) is 42.0 Å². The Morgan fingerprint density at radius 3 is 2.30 bits per heavy atom. The Bertz CT molecular complexity index is 661. The Morgan fingerprint density at radius 1 is 1.00 bits per heavy atom. The van der Waals surface area contributed by atoms with Crippen LogP contribution in [0.15, 0.2) is 36.4 Å². The number of fused-ring (bicyclic) bond motifs is 1. The number of carbonyl (C=O) groups excluding carboxylic acids is 2. The fourth-order valence-electron chi connectivity index (χ4n) is 2.07. The summed E-state index contributed by atoms with van der Waals surface area (Å²) in [6, 6.07) is 11.4. The maximum Gasteiger partial charge on any atom is 0.374 e. The third-order valence-electron chi connectivity index (χ3n) is 3.35. The zero-order valence-electron chi connectivity index (χ0n) is 11.7. The van der Waals surface area contributed by atoms with E-state index in [4.69, 9.17) is 4.74 Å². The molecular formula is C16H16O4. The Labute approximate surface area is 117 Å². The minimum absolute atomic E-state index is 0.519. The molecule has 0 fully saturated rings. The van der Waals surface area contributed by atoms with Crippen LogP contribution in [0.4, 0.5) is 0 Å². The lowest BCUT2D eigenvalue weighted by Crippen LogP contribution is -2.21. The van der Waals surface area contributed by atoms with Gasteiger partial charge in [0.25, 0.3) is 0 Å². The summed E-state index contributed by atoms with van der Waals surface area (Å²) in [5, 5.41) is 2.01. The van der Waals surface area contributed by atoms with Gasteiger partial charge in [-0.2, -0.15) is 0 Å². The standard InChI is InChI=1S/C16H16O4/c1-10(15(17)16(18)20-3)11-4-5-13-9-14(19-2)7-6-12(13)8-11/h4-10H,1-3H3. The quantitative estimate of drug-likeness (QED) is 0.634. The van der Waals surface area contributed by atoms with Crippen molar-refractivity contribution in [3.63, 3.8) is 0 Å². The van der Waals surface area contributed by atoms with Crippen LogP contribution in [0.1, 0.15) is 18.4 Å². The fourth-order valence-corrected chi connectivity index (χ4v) is 2.07. The van der Waals surface area contributed by atoms with Gasteiger partial charge in [0.15, 0.2) is 0 Å². The number of ketones is 1. The second kappa shape index (κ2) is 5.74. The molecule has 0 saturated carbocycles. The molecule has 2 aromatic rings. The molecule has 0 bridgehead atoms. The molecule has 0 aliphatic heterocycles. The number of ether oxygens (including phenoxy) is 2. The SMILES string of the molecule is COC(=O)C(=O)C(C)c1ccc2cc(OC)ccc2c1. The first-order chi connectivity index (χ1) is 9.56. The van der Waals surface area contributed by atoms with Crippen molar-refractivity contribution in [2.24, 2.45) is 0 Å². The highest BCUT2D eigenvalue weighted by Gasteiger charge is 2.23. The zero-order chi connectivity index (χ0) is 14.7. The van der Waals surface area contributed by atoms with Crippen molar-refractivity contribution in [2.75, 3.05) is 14.2 Å². The van der Waals surface area contributed by atoms with Crippen molar-refractivity contribution >= 4 is 22.5 Å². The molecule has 1 atom stereocenters. The molecule has 0 aliphatic rings. The molecule has 0 N–H and O–H groups in total. The van der Waals surface area contributed by atoms with Gasteiger partial charge in [0, 0.05) is 0 Å². The summed E-state index contributed by atoms with van der Waals surface area (Å²) < 4.78 is 9.64. The third kappa shape index (κ3) is 2.64. The number of benzene rings is 2. The van der Waals surface area contributed by atoms with Gasteiger partial charge in [-0.15, -0.1) is 0 Å². The van der Waals surface area contributed by atoms with Gasteiger partial charge < -0.3 is 9.47 Å². The van der Waals surface area contributed by atoms with Crippen LogP contribution in [0, 0.1) is 0 Å². The van der Waals surface area contributed by atoms with Crippen molar-refractivity contribution in [1.82, 2.24) is 0 Å². The molecule has 0 heterocycles. The number of esters is 1. The van der Waals surface area contributed by atoms with E-state index in [-0.39, 0.29) is 0 Å². The lowest BCUT2D eigenvalue weighted by Gasteiger charge is -2.11. The molecule has 4 heteroatoms. The lowest BCUT2D eigenvalue weighted by atomic mass is 9.94. The van der Waals surface area contributed by atoms with E-state index in [9.17, 15) is 9.59 Å². The van der Waals surface area contributed by atoms with Crippen LogP contribution in [0.2, 0.25) is 0 Å². The highest BCUT2D eigenvalue weighted by atomic mass is 16.5. The summed E-state index contributed by atoms with van der Waals surface area (Å²) in [7, 11) is 2.83. The molecule has 0 aromatic heterocycles. The van der Waals surface area contributed by atoms with E-state index in [1.807, 2.05) is 36.4 Å². The highest BCUT2D eigenvalue weighted by molar-refractivity contribution is 6.35. The lowest BCUT2D eigenvalue weighted by molar-refractivity contribution is -0.152. The summed E-state index contributed by atoms with van der Waals surface area (Å²) in [6.45, 7) is 1.70.